The Hall–Kier alpha value is -1.97. The van der Waals surface area contributed by atoms with E-state index in [4.69, 9.17) is 5.11 Å². The molecule has 1 amide bonds. The molecule has 0 aliphatic heterocycles. The fourth-order valence-electron chi connectivity index (χ4n) is 1.44. The summed E-state index contributed by atoms with van der Waals surface area (Å²) in [6.45, 7) is 0. The van der Waals surface area contributed by atoms with E-state index in [9.17, 15) is 4.79 Å². The monoisotopic (exact) mass is 190 g/mol. The molecule has 0 spiro atoms. The van der Waals surface area contributed by atoms with Gasteiger partial charge in [-0.1, -0.05) is 18.2 Å². The van der Waals surface area contributed by atoms with Gasteiger partial charge >= 0.3 is 6.09 Å². The quantitative estimate of drug-likeness (QED) is 0.724. The Morgan fingerprint density at radius 2 is 2.14 bits per heavy atom. The molecule has 72 valence electrons. The topological polar surface area (TPSA) is 56.3 Å². The van der Waals surface area contributed by atoms with Crippen molar-refractivity contribution >= 4 is 22.7 Å². The van der Waals surface area contributed by atoms with Crippen molar-refractivity contribution in [1.82, 2.24) is 4.98 Å². The number of amides is 1. The van der Waals surface area contributed by atoms with Crippen LogP contribution in [-0.2, 0) is 0 Å². The third-order valence-electron chi connectivity index (χ3n) is 2.22. The highest BCUT2D eigenvalue weighted by Gasteiger charge is 2.12. The Bertz CT molecular complexity index is 476. The van der Waals surface area contributed by atoms with E-state index in [0.717, 1.165) is 10.9 Å². The zero-order chi connectivity index (χ0) is 10.1. The number of H-pyrrole nitrogens is 1. The molecule has 1 aromatic carbocycles. The van der Waals surface area contributed by atoms with Crippen LogP contribution in [0.1, 0.15) is 0 Å². The van der Waals surface area contributed by atoms with E-state index in [-0.39, 0.29) is 0 Å². The predicted octanol–water partition coefficient (Wildman–Crippen LogP) is 2.28. The van der Waals surface area contributed by atoms with Crippen LogP contribution in [0.4, 0.5) is 10.5 Å². The maximum Gasteiger partial charge on any atom is 0.411 e. The average Bonchev–Trinajstić information content (AvgIpc) is 2.60. The van der Waals surface area contributed by atoms with Crippen molar-refractivity contribution in [1.29, 1.82) is 0 Å². The first-order valence-corrected chi connectivity index (χ1v) is 4.23. The Balaban J connectivity index is 2.58. The molecule has 0 unspecified atom stereocenters. The molecule has 2 N–H and O–H groups in total. The fraction of sp³-hybridized carbons (Fsp3) is 0.100. The molecule has 0 bridgehead atoms. The summed E-state index contributed by atoms with van der Waals surface area (Å²) in [6.07, 6.45) is 0.730. The number of nitrogens with zero attached hydrogens (tertiary/aromatic N) is 1. The van der Waals surface area contributed by atoms with Gasteiger partial charge in [0.2, 0.25) is 0 Å². The van der Waals surface area contributed by atoms with E-state index in [2.05, 4.69) is 4.98 Å². The summed E-state index contributed by atoms with van der Waals surface area (Å²) in [5.74, 6) is 0. The molecule has 0 saturated carbocycles. The number of carbonyl (C=O) groups is 1. The van der Waals surface area contributed by atoms with Crippen molar-refractivity contribution in [3.8, 4) is 0 Å². The molecular formula is C10H10N2O2. The summed E-state index contributed by atoms with van der Waals surface area (Å²) in [5.41, 5.74) is 1.61. The van der Waals surface area contributed by atoms with Gasteiger partial charge < -0.3 is 10.1 Å². The Morgan fingerprint density at radius 3 is 2.86 bits per heavy atom. The first-order chi connectivity index (χ1) is 6.70. The normalized spacial score (nSPS) is 10.4. The van der Waals surface area contributed by atoms with Gasteiger partial charge in [-0.05, 0) is 6.07 Å². The van der Waals surface area contributed by atoms with E-state index in [1.165, 1.54) is 11.9 Å². The summed E-state index contributed by atoms with van der Waals surface area (Å²) in [4.78, 5) is 15.0. The maximum atomic E-state index is 10.8. The minimum Gasteiger partial charge on any atom is -0.465 e. The Labute approximate surface area is 80.8 Å². The number of aromatic amines is 1. The van der Waals surface area contributed by atoms with Gasteiger partial charge in [-0.15, -0.1) is 0 Å². The minimum absolute atomic E-state index is 0.674. The second-order valence-electron chi connectivity index (χ2n) is 3.06. The molecule has 2 aromatic rings. The standard InChI is InChI=1S/C10H10N2O2/c1-12(10(13)14)9-6-11-8-5-3-2-4-7(8)9/h2-6,11H,1H3,(H,13,14). The number of anilines is 1. The summed E-state index contributed by atoms with van der Waals surface area (Å²) in [7, 11) is 1.53. The zero-order valence-corrected chi connectivity index (χ0v) is 7.69. The highest BCUT2D eigenvalue weighted by Crippen LogP contribution is 2.25. The molecule has 2 rings (SSSR count). The minimum atomic E-state index is -0.963. The smallest absolute Gasteiger partial charge is 0.411 e. The first-order valence-electron chi connectivity index (χ1n) is 4.23. The lowest BCUT2D eigenvalue weighted by Gasteiger charge is -2.10. The van der Waals surface area contributed by atoms with Crippen molar-refractivity contribution < 1.29 is 9.90 Å². The van der Waals surface area contributed by atoms with Crippen molar-refractivity contribution in [3.63, 3.8) is 0 Å². The number of aromatic nitrogens is 1. The van der Waals surface area contributed by atoms with Crippen molar-refractivity contribution in [2.45, 2.75) is 0 Å². The number of para-hydroxylation sites is 1. The molecule has 1 aromatic heterocycles. The number of hydrogen-bond acceptors (Lipinski definition) is 1. The molecule has 0 fully saturated rings. The van der Waals surface area contributed by atoms with E-state index in [0.29, 0.717) is 5.69 Å². The van der Waals surface area contributed by atoms with Crippen LogP contribution in [-0.4, -0.2) is 23.2 Å². The fourth-order valence-corrected chi connectivity index (χ4v) is 1.44. The number of carboxylic acid groups (broad SMARTS) is 1. The van der Waals surface area contributed by atoms with E-state index in [1.807, 2.05) is 24.3 Å². The molecule has 0 saturated heterocycles. The third-order valence-corrected chi connectivity index (χ3v) is 2.22. The molecule has 4 heteroatoms. The van der Waals surface area contributed by atoms with E-state index < -0.39 is 6.09 Å². The number of nitrogens with one attached hydrogen (secondary N) is 1. The second-order valence-corrected chi connectivity index (χ2v) is 3.06. The van der Waals surface area contributed by atoms with Crippen molar-refractivity contribution in [2.24, 2.45) is 0 Å². The number of fused-ring (bicyclic) bond motifs is 1. The zero-order valence-electron chi connectivity index (χ0n) is 7.69. The number of hydrogen-bond donors (Lipinski definition) is 2. The van der Waals surface area contributed by atoms with Crippen LogP contribution in [0.15, 0.2) is 30.5 Å². The SMILES string of the molecule is CN(C(=O)O)c1c[nH]c2ccccc12. The van der Waals surface area contributed by atoms with E-state index in [1.54, 1.807) is 6.20 Å². The lowest BCUT2D eigenvalue weighted by atomic mass is 10.2. The Kier molecular flexibility index (Phi) is 1.89. The van der Waals surface area contributed by atoms with Gasteiger partial charge in [0.1, 0.15) is 0 Å². The van der Waals surface area contributed by atoms with Gasteiger partial charge in [-0.25, -0.2) is 4.79 Å². The molecule has 1 heterocycles. The second kappa shape index (κ2) is 3.06. The van der Waals surface area contributed by atoms with Gasteiger partial charge in [-0.3, -0.25) is 4.90 Å². The van der Waals surface area contributed by atoms with Gasteiger partial charge in [0, 0.05) is 24.1 Å². The highest BCUT2D eigenvalue weighted by molar-refractivity contribution is 5.99. The number of rotatable bonds is 1. The largest absolute Gasteiger partial charge is 0.465 e. The molecule has 0 radical (unpaired) electrons. The lowest BCUT2D eigenvalue weighted by Crippen LogP contribution is -2.23. The van der Waals surface area contributed by atoms with Gasteiger partial charge in [0.15, 0.2) is 0 Å². The predicted molar refractivity (Wildman–Crippen MR) is 54.7 cm³/mol. The summed E-state index contributed by atoms with van der Waals surface area (Å²) < 4.78 is 0. The third kappa shape index (κ3) is 1.21. The van der Waals surface area contributed by atoms with Gasteiger partial charge in [-0.2, -0.15) is 0 Å². The molecule has 4 nitrogen and oxygen atoms in total. The summed E-state index contributed by atoms with van der Waals surface area (Å²) in [6, 6.07) is 7.59. The van der Waals surface area contributed by atoms with Crippen LogP contribution in [0.2, 0.25) is 0 Å². The van der Waals surface area contributed by atoms with Crippen LogP contribution < -0.4 is 4.90 Å². The molecule has 0 aliphatic carbocycles. The van der Waals surface area contributed by atoms with E-state index >= 15 is 0 Å². The molecular weight excluding hydrogens is 180 g/mol. The van der Waals surface area contributed by atoms with Crippen molar-refractivity contribution in [2.75, 3.05) is 11.9 Å². The highest BCUT2D eigenvalue weighted by atomic mass is 16.4. The van der Waals surface area contributed by atoms with Gasteiger partial charge in [0.05, 0.1) is 5.69 Å². The summed E-state index contributed by atoms with van der Waals surface area (Å²) in [5, 5.41) is 9.74. The van der Waals surface area contributed by atoms with Crippen molar-refractivity contribution in [3.05, 3.63) is 30.5 Å². The van der Waals surface area contributed by atoms with Crippen LogP contribution in [0, 0.1) is 0 Å². The first kappa shape index (κ1) is 8.62. The number of benzene rings is 1. The lowest BCUT2D eigenvalue weighted by molar-refractivity contribution is 0.203. The molecule has 0 atom stereocenters. The molecule has 14 heavy (non-hydrogen) atoms. The molecule has 0 aliphatic rings. The van der Waals surface area contributed by atoms with Crippen LogP contribution in [0.25, 0.3) is 10.9 Å². The maximum absolute atomic E-state index is 10.8. The van der Waals surface area contributed by atoms with Crippen LogP contribution in [0.3, 0.4) is 0 Å². The van der Waals surface area contributed by atoms with Crippen LogP contribution in [0.5, 0.6) is 0 Å². The Morgan fingerprint density at radius 1 is 1.43 bits per heavy atom. The summed E-state index contributed by atoms with van der Waals surface area (Å²) >= 11 is 0. The van der Waals surface area contributed by atoms with Gasteiger partial charge in [0.25, 0.3) is 0 Å². The van der Waals surface area contributed by atoms with Crippen LogP contribution >= 0.6 is 0 Å². The average molecular weight is 190 g/mol.